The van der Waals surface area contributed by atoms with Gasteiger partial charge in [0.25, 0.3) is 11.8 Å². The smallest absolute Gasteiger partial charge is 0.292 e. The summed E-state index contributed by atoms with van der Waals surface area (Å²) in [6, 6.07) is 16.8. The largest absolute Gasteiger partial charge is 0.504 e. The topological polar surface area (TPSA) is 209 Å². The lowest BCUT2D eigenvalue weighted by Gasteiger charge is -2.12. The van der Waals surface area contributed by atoms with Crippen LogP contribution in [0.25, 0.3) is 0 Å². The van der Waals surface area contributed by atoms with Gasteiger partial charge in [-0.15, -0.1) is 0 Å². The second-order valence-electron chi connectivity index (χ2n) is 8.29. The zero-order chi connectivity index (χ0) is 28.8. The minimum atomic E-state index is -1.01. The summed E-state index contributed by atoms with van der Waals surface area (Å²) in [5.41, 5.74) is 4.08. The Balaban J connectivity index is 1.65. The van der Waals surface area contributed by atoms with E-state index < -0.39 is 57.7 Å². The van der Waals surface area contributed by atoms with Crippen molar-refractivity contribution in [2.45, 2.75) is 6.54 Å². The zero-order valence-corrected chi connectivity index (χ0v) is 20.6. The lowest BCUT2D eigenvalue weighted by Crippen LogP contribution is -2.26. The molecule has 0 atom stereocenters. The maximum Gasteiger partial charge on any atom is 0.292 e. The third-order valence-electron chi connectivity index (χ3n) is 5.66. The number of hydrogen-bond donors (Lipinski definition) is 8. The van der Waals surface area contributed by atoms with Crippen LogP contribution < -0.4 is 10.9 Å². The van der Waals surface area contributed by atoms with Crippen LogP contribution in [0.3, 0.4) is 0 Å². The molecule has 1 aromatic heterocycles. The number of aromatic hydroxyl groups is 6. The lowest BCUT2D eigenvalue weighted by atomic mass is 10.2. The Kier molecular flexibility index (Phi) is 7.85. The first-order chi connectivity index (χ1) is 19.2. The summed E-state index contributed by atoms with van der Waals surface area (Å²) in [6.07, 6.45) is 2.10. The van der Waals surface area contributed by atoms with Gasteiger partial charge in [-0.05, 0) is 29.8 Å². The number of amides is 2. The minimum Gasteiger partial charge on any atom is -0.504 e. The number of phenolic OH excluding ortho intramolecular Hbond substituents is 4. The molecule has 0 saturated heterocycles. The van der Waals surface area contributed by atoms with Gasteiger partial charge < -0.3 is 35.2 Å². The van der Waals surface area contributed by atoms with E-state index in [2.05, 4.69) is 21.1 Å². The predicted octanol–water partition coefficient (Wildman–Crippen LogP) is 2.30. The average molecular weight is 546 g/mol. The normalized spacial score (nSPS) is 11.2. The van der Waals surface area contributed by atoms with Gasteiger partial charge in [-0.3, -0.25) is 9.59 Å². The second-order valence-corrected chi connectivity index (χ2v) is 8.29. The summed E-state index contributed by atoms with van der Waals surface area (Å²) in [7, 11) is 0. The quantitative estimate of drug-likeness (QED) is 0.0933. The van der Waals surface area contributed by atoms with Gasteiger partial charge in [0.05, 0.1) is 12.4 Å². The van der Waals surface area contributed by atoms with Crippen LogP contribution in [0.1, 0.15) is 37.7 Å². The van der Waals surface area contributed by atoms with E-state index in [1.165, 1.54) is 36.4 Å². The summed E-state index contributed by atoms with van der Waals surface area (Å²) < 4.78 is 1.06. The molecule has 204 valence electrons. The molecule has 1 heterocycles. The molecule has 0 bridgehead atoms. The molecule has 4 aromatic rings. The van der Waals surface area contributed by atoms with Gasteiger partial charge in [0.2, 0.25) is 0 Å². The molecule has 0 spiro atoms. The van der Waals surface area contributed by atoms with Gasteiger partial charge in [-0.25, -0.2) is 10.9 Å². The van der Waals surface area contributed by atoms with E-state index in [1.807, 2.05) is 0 Å². The first kappa shape index (κ1) is 27.1. The van der Waals surface area contributed by atoms with Crippen molar-refractivity contribution in [2.75, 3.05) is 0 Å². The van der Waals surface area contributed by atoms with Crippen molar-refractivity contribution in [3.8, 4) is 34.5 Å². The first-order valence-electron chi connectivity index (χ1n) is 11.6. The fourth-order valence-electron chi connectivity index (χ4n) is 3.71. The number of rotatable bonds is 8. The molecular weight excluding hydrogens is 522 g/mol. The third kappa shape index (κ3) is 5.62. The highest BCUT2D eigenvalue weighted by Crippen LogP contribution is 2.37. The SMILES string of the molecule is O=C(N/N=C/c1cccc(O)c1O)c1c(O)c(O)c(C(=O)N/N=C/c2cccc(O)c2O)n1Cc1ccccc1. The number of carbonyl (C=O) groups is 2. The summed E-state index contributed by atoms with van der Waals surface area (Å²) in [5.74, 6) is -5.54. The van der Waals surface area contributed by atoms with E-state index in [0.717, 1.165) is 17.0 Å². The Hall–Kier alpha value is -5.98. The van der Waals surface area contributed by atoms with Gasteiger partial charge in [-0.1, -0.05) is 42.5 Å². The van der Waals surface area contributed by atoms with Crippen LogP contribution in [-0.2, 0) is 6.54 Å². The van der Waals surface area contributed by atoms with Gasteiger partial charge in [0.1, 0.15) is 0 Å². The number of hydrazone groups is 2. The molecule has 0 aliphatic heterocycles. The zero-order valence-electron chi connectivity index (χ0n) is 20.6. The van der Waals surface area contributed by atoms with Gasteiger partial charge in [-0.2, -0.15) is 10.2 Å². The molecule has 0 saturated carbocycles. The molecule has 0 unspecified atom stereocenters. The number of nitrogens with one attached hydrogen (secondary N) is 2. The van der Waals surface area contributed by atoms with Crippen molar-refractivity contribution < 1.29 is 40.2 Å². The second kappa shape index (κ2) is 11.6. The summed E-state index contributed by atoms with van der Waals surface area (Å²) in [6.45, 7) is -0.130. The Morgan fingerprint density at radius 2 is 1.07 bits per heavy atom. The Bertz CT molecular complexity index is 1530. The molecule has 8 N–H and O–H groups in total. The van der Waals surface area contributed by atoms with E-state index in [1.54, 1.807) is 30.3 Å². The molecule has 0 fully saturated rings. The van der Waals surface area contributed by atoms with E-state index >= 15 is 0 Å². The Morgan fingerprint density at radius 3 is 1.52 bits per heavy atom. The van der Waals surface area contributed by atoms with Crippen LogP contribution in [0.2, 0.25) is 0 Å². The highest BCUT2D eigenvalue weighted by Gasteiger charge is 2.31. The van der Waals surface area contributed by atoms with Crippen molar-refractivity contribution in [1.29, 1.82) is 0 Å². The fraction of sp³-hybridized carbons (Fsp3) is 0.0370. The molecule has 0 aliphatic carbocycles. The minimum absolute atomic E-state index is 0.0859. The molecule has 0 radical (unpaired) electrons. The number of phenols is 4. The van der Waals surface area contributed by atoms with Crippen molar-refractivity contribution in [2.24, 2.45) is 10.2 Å². The monoisotopic (exact) mass is 545 g/mol. The van der Waals surface area contributed by atoms with Gasteiger partial charge in [0.15, 0.2) is 45.9 Å². The number of carbonyl (C=O) groups excluding carboxylic acids is 2. The number of para-hydroxylation sites is 2. The maximum atomic E-state index is 13.0. The predicted molar refractivity (Wildman–Crippen MR) is 143 cm³/mol. The van der Waals surface area contributed by atoms with Crippen LogP contribution in [-0.4, -0.2) is 59.4 Å². The molecular formula is C27H23N5O8. The first-order valence-corrected chi connectivity index (χ1v) is 11.6. The molecule has 2 amide bonds. The number of aromatic nitrogens is 1. The van der Waals surface area contributed by atoms with Gasteiger partial charge >= 0.3 is 0 Å². The molecule has 13 nitrogen and oxygen atoms in total. The summed E-state index contributed by atoms with van der Waals surface area (Å²) in [5, 5.41) is 67.7. The highest BCUT2D eigenvalue weighted by molar-refractivity contribution is 6.03. The van der Waals surface area contributed by atoms with Crippen molar-refractivity contribution in [1.82, 2.24) is 15.4 Å². The van der Waals surface area contributed by atoms with E-state index in [0.29, 0.717) is 5.56 Å². The molecule has 3 aromatic carbocycles. The standard InChI is InChI=1S/C27H23N5O8/c33-18-10-4-8-16(22(18)35)12-28-30-26(39)20-24(37)25(38)21(32(20)14-15-6-2-1-3-7-15)27(40)31-29-13-17-9-5-11-19(34)23(17)36/h1-13,33-38H,14H2,(H,30,39)(H,31,40)/b28-12+,29-13+. The lowest BCUT2D eigenvalue weighted by molar-refractivity contribution is 0.0938. The van der Waals surface area contributed by atoms with Crippen molar-refractivity contribution in [3.63, 3.8) is 0 Å². The van der Waals surface area contributed by atoms with E-state index in [-0.39, 0.29) is 17.7 Å². The van der Waals surface area contributed by atoms with Crippen LogP contribution in [0.4, 0.5) is 0 Å². The Morgan fingerprint density at radius 1 is 0.625 bits per heavy atom. The third-order valence-corrected chi connectivity index (χ3v) is 5.66. The average Bonchev–Trinajstić information content (AvgIpc) is 3.18. The molecule has 0 aliphatic rings. The fourth-order valence-corrected chi connectivity index (χ4v) is 3.71. The van der Waals surface area contributed by atoms with Crippen molar-refractivity contribution >= 4 is 24.2 Å². The maximum absolute atomic E-state index is 13.0. The Labute approximate surface area is 226 Å². The van der Waals surface area contributed by atoms with Crippen LogP contribution in [0, 0.1) is 0 Å². The highest BCUT2D eigenvalue weighted by atomic mass is 16.3. The molecule has 13 heteroatoms. The molecule has 4 rings (SSSR count). The number of nitrogens with zero attached hydrogens (tertiary/aromatic N) is 3. The van der Waals surface area contributed by atoms with Gasteiger partial charge in [0, 0.05) is 17.7 Å². The number of hydrogen-bond acceptors (Lipinski definition) is 10. The van der Waals surface area contributed by atoms with E-state index in [9.17, 15) is 40.2 Å². The van der Waals surface area contributed by atoms with Crippen LogP contribution >= 0.6 is 0 Å². The molecule has 40 heavy (non-hydrogen) atoms. The summed E-state index contributed by atoms with van der Waals surface area (Å²) >= 11 is 0. The van der Waals surface area contributed by atoms with Crippen LogP contribution in [0.5, 0.6) is 34.5 Å². The van der Waals surface area contributed by atoms with Crippen molar-refractivity contribution in [3.05, 3.63) is 94.8 Å². The van der Waals surface area contributed by atoms with Crippen LogP contribution in [0.15, 0.2) is 76.9 Å². The number of benzene rings is 3. The van der Waals surface area contributed by atoms with E-state index in [4.69, 9.17) is 0 Å². The summed E-state index contributed by atoms with van der Waals surface area (Å²) in [4.78, 5) is 26.1.